The van der Waals surface area contributed by atoms with Gasteiger partial charge in [-0.2, -0.15) is 8.42 Å². The van der Waals surface area contributed by atoms with E-state index in [-0.39, 0.29) is 18.6 Å². The number of hydrogen-bond donors (Lipinski definition) is 1. The molecule has 0 heterocycles. The van der Waals surface area contributed by atoms with Crippen molar-refractivity contribution in [3.63, 3.8) is 0 Å². The van der Waals surface area contributed by atoms with Crippen LogP contribution in [0.5, 0.6) is 0 Å². The molecule has 1 N–H and O–H groups in total. The number of rotatable bonds is 7. The molecule has 1 atom stereocenters. The molecule has 0 aliphatic rings. The topological polar surface area (TPSA) is 54.4 Å². The van der Waals surface area contributed by atoms with Crippen LogP contribution in [0, 0.1) is 0 Å². The van der Waals surface area contributed by atoms with Gasteiger partial charge in [-0.25, -0.2) is 4.39 Å². The molecule has 80 valence electrons. The Labute approximate surface area is 79.1 Å². The van der Waals surface area contributed by atoms with Gasteiger partial charge < -0.3 is 0 Å². The van der Waals surface area contributed by atoms with Crippen LogP contribution >= 0.6 is 0 Å². The number of hydrogen-bond acceptors (Lipinski definition) is 2. The van der Waals surface area contributed by atoms with Crippen molar-refractivity contribution < 1.29 is 17.4 Å². The van der Waals surface area contributed by atoms with E-state index in [4.69, 9.17) is 4.55 Å². The summed E-state index contributed by atoms with van der Waals surface area (Å²) < 4.78 is 41.8. The molecule has 0 bridgehead atoms. The van der Waals surface area contributed by atoms with Gasteiger partial charge >= 0.3 is 0 Å². The minimum atomic E-state index is -3.91. The first kappa shape index (κ1) is 12.8. The molecule has 5 heteroatoms. The molecule has 1 unspecified atom stereocenters. The zero-order valence-corrected chi connectivity index (χ0v) is 8.69. The van der Waals surface area contributed by atoms with Crippen molar-refractivity contribution in [2.24, 2.45) is 0 Å². The minimum absolute atomic E-state index is 0.198. The Morgan fingerprint density at radius 1 is 1.31 bits per heavy atom. The van der Waals surface area contributed by atoms with Gasteiger partial charge in [-0.15, -0.1) is 0 Å². The van der Waals surface area contributed by atoms with Crippen LogP contribution in [0.25, 0.3) is 0 Å². The van der Waals surface area contributed by atoms with Crippen LogP contribution in [0.2, 0.25) is 0 Å². The maximum Gasteiger partial charge on any atom is 0.264 e. The SMILES string of the molecule is CCCCC(F)CCCS(=O)(=O)O. The molecule has 0 rings (SSSR count). The third-order valence-electron chi connectivity index (χ3n) is 1.79. The van der Waals surface area contributed by atoms with Gasteiger partial charge in [0.05, 0.1) is 5.75 Å². The van der Waals surface area contributed by atoms with Crippen LogP contribution in [0.3, 0.4) is 0 Å². The summed E-state index contributed by atoms with van der Waals surface area (Å²) in [5.74, 6) is -0.334. The summed E-state index contributed by atoms with van der Waals surface area (Å²) in [6.45, 7) is 1.98. The molecular formula is C8H17FO3S. The molecule has 0 saturated heterocycles. The fourth-order valence-electron chi connectivity index (χ4n) is 1.06. The van der Waals surface area contributed by atoms with E-state index in [9.17, 15) is 12.8 Å². The van der Waals surface area contributed by atoms with Crippen LogP contribution in [0.4, 0.5) is 4.39 Å². The molecule has 3 nitrogen and oxygen atoms in total. The van der Waals surface area contributed by atoms with Gasteiger partial charge in [-0.1, -0.05) is 19.8 Å². The predicted molar refractivity (Wildman–Crippen MR) is 50.1 cm³/mol. The maximum atomic E-state index is 12.9. The second-order valence-corrected chi connectivity index (χ2v) is 4.74. The molecule has 0 radical (unpaired) electrons. The molecule has 0 fully saturated rings. The van der Waals surface area contributed by atoms with E-state index in [2.05, 4.69) is 0 Å². The van der Waals surface area contributed by atoms with E-state index in [1.54, 1.807) is 0 Å². The monoisotopic (exact) mass is 212 g/mol. The van der Waals surface area contributed by atoms with Gasteiger partial charge in [-0.3, -0.25) is 4.55 Å². The zero-order chi connectivity index (χ0) is 10.3. The summed E-state index contributed by atoms with van der Waals surface area (Å²) >= 11 is 0. The largest absolute Gasteiger partial charge is 0.286 e. The van der Waals surface area contributed by atoms with Crippen molar-refractivity contribution in [1.82, 2.24) is 0 Å². The van der Waals surface area contributed by atoms with Gasteiger partial charge in [0.15, 0.2) is 0 Å². The molecule has 0 spiro atoms. The lowest BCUT2D eigenvalue weighted by Crippen LogP contribution is -2.07. The van der Waals surface area contributed by atoms with Gasteiger partial charge in [0, 0.05) is 0 Å². The molecule has 0 aromatic rings. The fourth-order valence-corrected chi connectivity index (χ4v) is 1.59. The second-order valence-electron chi connectivity index (χ2n) is 3.17. The van der Waals surface area contributed by atoms with Crippen molar-refractivity contribution in [1.29, 1.82) is 0 Å². The lowest BCUT2D eigenvalue weighted by Gasteiger charge is -2.05. The average Bonchev–Trinajstić information content (AvgIpc) is 1.98. The summed E-state index contributed by atoms with van der Waals surface area (Å²) in [4.78, 5) is 0. The number of alkyl halides is 1. The average molecular weight is 212 g/mol. The van der Waals surface area contributed by atoms with E-state index in [1.807, 2.05) is 6.92 Å². The Hall–Kier alpha value is -0.160. The van der Waals surface area contributed by atoms with Crippen molar-refractivity contribution in [2.45, 2.75) is 45.2 Å². The highest BCUT2D eigenvalue weighted by molar-refractivity contribution is 7.85. The first-order chi connectivity index (χ1) is 5.95. The first-order valence-electron chi connectivity index (χ1n) is 4.55. The standard InChI is InChI=1S/C8H17FO3S/c1-2-3-5-8(9)6-4-7-13(10,11)12/h8H,2-7H2,1H3,(H,10,11,12). The van der Waals surface area contributed by atoms with Crippen molar-refractivity contribution in [2.75, 3.05) is 5.75 Å². The van der Waals surface area contributed by atoms with Crippen LogP contribution in [-0.4, -0.2) is 24.9 Å². The Balaban J connectivity index is 3.42. The molecule has 0 aromatic heterocycles. The summed E-state index contributed by atoms with van der Waals surface area (Å²) in [6, 6.07) is 0. The third kappa shape index (κ3) is 9.76. The van der Waals surface area contributed by atoms with Gasteiger partial charge in [-0.05, 0) is 19.3 Å². The van der Waals surface area contributed by atoms with E-state index in [0.717, 1.165) is 12.8 Å². The molecular weight excluding hydrogens is 195 g/mol. The fraction of sp³-hybridized carbons (Fsp3) is 1.00. The molecule has 0 saturated carbocycles. The smallest absolute Gasteiger partial charge is 0.264 e. The highest BCUT2D eigenvalue weighted by atomic mass is 32.2. The zero-order valence-electron chi connectivity index (χ0n) is 7.87. The quantitative estimate of drug-likeness (QED) is 0.658. The number of halogens is 1. The van der Waals surface area contributed by atoms with Gasteiger partial charge in [0.25, 0.3) is 10.1 Å². The van der Waals surface area contributed by atoms with Crippen molar-refractivity contribution in [3.05, 3.63) is 0 Å². The molecule has 0 aliphatic carbocycles. The van der Waals surface area contributed by atoms with Crippen LogP contribution < -0.4 is 0 Å². The highest BCUT2D eigenvalue weighted by Crippen LogP contribution is 2.10. The van der Waals surface area contributed by atoms with Crippen molar-refractivity contribution >= 4 is 10.1 Å². The second kappa shape index (κ2) is 6.32. The molecule has 0 aliphatic heterocycles. The Morgan fingerprint density at radius 3 is 2.31 bits per heavy atom. The van der Waals surface area contributed by atoms with E-state index in [0.29, 0.717) is 6.42 Å². The number of unbranched alkanes of at least 4 members (excludes halogenated alkanes) is 1. The Kier molecular flexibility index (Phi) is 6.24. The third-order valence-corrected chi connectivity index (χ3v) is 2.60. The summed E-state index contributed by atoms with van der Waals surface area (Å²) in [5, 5.41) is 0. The molecule has 13 heavy (non-hydrogen) atoms. The van der Waals surface area contributed by atoms with E-state index in [1.165, 1.54) is 0 Å². The van der Waals surface area contributed by atoms with Crippen LogP contribution in [0.15, 0.2) is 0 Å². The van der Waals surface area contributed by atoms with E-state index < -0.39 is 16.3 Å². The lowest BCUT2D eigenvalue weighted by molar-refractivity contribution is 0.287. The Morgan fingerprint density at radius 2 is 1.85 bits per heavy atom. The highest BCUT2D eigenvalue weighted by Gasteiger charge is 2.09. The van der Waals surface area contributed by atoms with Gasteiger partial charge in [0.2, 0.25) is 0 Å². The Bertz CT molecular complexity index is 213. The van der Waals surface area contributed by atoms with Crippen molar-refractivity contribution in [3.8, 4) is 0 Å². The molecule has 0 amide bonds. The van der Waals surface area contributed by atoms with Crippen LogP contribution in [-0.2, 0) is 10.1 Å². The predicted octanol–water partition coefficient (Wildman–Crippen LogP) is 2.18. The lowest BCUT2D eigenvalue weighted by atomic mass is 10.1. The maximum absolute atomic E-state index is 12.9. The summed E-state index contributed by atoms with van der Waals surface area (Å²) in [6.07, 6.45) is 1.75. The molecule has 0 aromatic carbocycles. The normalized spacial score (nSPS) is 14.4. The van der Waals surface area contributed by atoms with E-state index >= 15 is 0 Å². The minimum Gasteiger partial charge on any atom is -0.286 e. The first-order valence-corrected chi connectivity index (χ1v) is 6.16. The van der Waals surface area contributed by atoms with Gasteiger partial charge in [0.1, 0.15) is 6.17 Å². The summed E-state index contributed by atoms with van der Waals surface area (Å²) in [7, 11) is -3.91. The summed E-state index contributed by atoms with van der Waals surface area (Å²) in [5.41, 5.74) is 0. The van der Waals surface area contributed by atoms with Crippen LogP contribution in [0.1, 0.15) is 39.0 Å².